The molecular formula is C41H28N2OSi. The van der Waals surface area contributed by atoms with Gasteiger partial charge >= 0.3 is 0 Å². The minimum absolute atomic E-state index is 0.905. The highest BCUT2D eigenvalue weighted by molar-refractivity contribution is 7.20. The highest BCUT2D eigenvalue weighted by Gasteiger charge is 2.44. The first-order valence-corrected chi connectivity index (χ1v) is 17.3. The molecule has 3 heterocycles. The van der Waals surface area contributed by atoms with Gasteiger partial charge in [0, 0.05) is 27.7 Å². The average molecular weight is 593 g/mol. The molecule has 9 rings (SSSR count). The van der Waals surface area contributed by atoms with E-state index >= 15 is 0 Å². The lowest BCUT2D eigenvalue weighted by molar-refractivity contribution is 0.671. The van der Waals surface area contributed by atoms with Crippen molar-refractivity contribution < 1.29 is 4.42 Å². The van der Waals surface area contributed by atoms with E-state index < -0.39 is 8.07 Å². The largest absolute Gasteiger partial charge is 0.456 e. The number of fused-ring (bicyclic) bond motifs is 6. The molecule has 0 saturated carbocycles. The number of pyridine rings is 1. The summed E-state index contributed by atoms with van der Waals surface area (Å²) in [6, 6.07) is 58.6. The van der Waals surface area contributed by atoms with Crippen LogP contribution in [0.5, 0.6) is 0 Å². The first-order valence-electron chi connectivity index (χ1n) is 15.3. The van der Waals surface area contributed by atoms with Gasteiger partial charge < -0.3 is 4.42 Å². The number of hydrogen-bond donors (Lipinski definition) is 0. The fourth-order valence-corrected chi connectivity index (χ4v) is 12.1. The van der Waals surface area contributed by atoms with E-state index in [1.165, 1.54) is 31.5 Å². The first kappa shape index (κ1) is 25.8. The summed E-state index contributed by atoms with van der Waals surface area (Å²) in [4.78, 5) is 5.25. The van der Waals surface area contributed by atoms with Crippen LogP contribution < -0.4 is 20.7 Å². The molecule has 9 aromatic rings. The molecule has 0 radical (unpaired) electrons. The summed E-state index contributed by atoms with van der Waals surface area (Å²) in [5.41, 5.74) is 4.16. The molecule has 0 aliphatic heterocycles. The van der Waals surface area contributed by atoms with Crippen LogP contribution in [0, 0.1) is 0 Å². The number of aromatic nitrogens is 2. The van der Waals surface area contributed by atoms with E-state index in [2.05, 4.69) is 168 Å². The Balaban J connectivity index is 1.36. The summed E-state index contributed by atoms with van der Waals surface area (Å²) in [5, 5.41) is 9.74. The molecule has 0 N–H and O–H groups in total. The van der Waals surface area contributed by atoms with Gasteiger partial charge in [-0.25, -0.2) is 4.98 Å². The molecule has 0 spiro atoms. The molecule has 0 unspecified atom stereocenters. The number of rotatable bonds is 5. The summed E-state index contributed by atoms with van der Waals surface area (Å²) in [5.74, 6) is 0.905. The number of furan rings is 1. The Hall–Kier alpha value is -5.71. The van der Waals surface area contributed by atoms with Gasteiger partial charge in [0.2, 0.25) is 0 Å². The van der Waals surface area contributed by atoms with E-state index in [-0.39, 0.29) is 0 Å². The second-order valence-corrected chi connectivity index (χ2v) is 15.3. The molecule has 0 amide bonds. The average Bonchev–Trinajstić information content (AvgIpc) is 3.66. The van der Waals surface area contributed by atoms with Crippen molar-refractivity contribution in [2.75, 3.05) is 0 Å². The molecule has 6 aromatic carbocycles. The standard InChI is InChI=1S/C41H28N2OSi/c1-3-14-29(15-4-1)45(30-16-5-2-6-17-30,39-25-13-21-35-34-20-9-12-24-38(34)44-41(35)39)31-26-27-40(42-28-31)43-36-22-10-7-18-32(36)33-19-8-11-23-37(33)43/h1-28H. The van der Waals surface area contributed by atoms with Gasteiger partial charge in [-0.15, -0.1) is 0 Å². The minimum atomic E-state index is -2.91. The Morgan fingerprint density at radius 1 is 0.444 bits per heavy atom. The van der Waals surface area contributed by atoms with E-state index in [9.17, 15) is 0 Å². The predicted octanol–water partition coefficient (Wildman–Crippen LogP) is 7.46. The van der Waals surface area contributed by atoms with Crippen LogP contribution in [-0.2, 0) is 0 Å². The molecule has 0 fully saturated rings. The lowest BCUT2D eigenvalue weighted by atomic mass is 10.1. The smallest absolute Gasteiger partial charge is 0.185 e. The third-order valence-corrected chi connectivity index (χ3v) is 14.0. The Bertz CT molecular complexity index is 2390. The highest BCUT2D eigenvalue weighted by Crippen LogP contribution is 2.32. The minimum Gasteiger partial charge on any atom is -0.456 e. The van der Waals surface area contributed by atoms with Gasteiger partial charge in [0.15, 0.2) is 8.07 Å². The Labute approximate surface area is 261 Å². The van der Waals surface area contributed by atoms with Gasteiger partial charge in [-0.2, -0.15) is 0 Å². The van der Waals surface area contributed by atoms with Crippen LogP contribution in [0.1, 0.15) is 0 Å². The van der Waals surface area contributed by atoms with Crippen molar-refractivity contribution in [2.45, 2.75) is 0 Å². The van der Waals surface area contributed by atoms with E-state index in [4.69, 9.17) is 9.40 Å². The third kappa shape index (κ3) is 3.79. The van der Waals surface area contributed by atoms with Gasteiger partial charge in [-0.05, 0) is 45.0 Å². The maximum absolute atomic E-state index is 6.74. The predicted molar refractivity (Wildman–Crippen MR) is 189 cm³/mol. The van der Waals surface area contributed by atoms with Crippen molar-refractivity contribution in [3.8, 4) is 5.82 Å². The lowest BCUT2D eigenvalue weighted by Crippen LogP contribution is -2.75. The molecule has 0 atom stereocenters. The van der Waals surface area contributed by atoms with Gasteiger partial charge in [0.05, 0.1) is 11.0 Å². The molecule has 3 nitrogen and oxygen atoms in total. The van der Waals surface area contributed by atoms with Crippen LogP contribution in [0.2, 0.25) is 0 Å². The SMILES string of the molecule is c1ccc([Si](c2ccccc2)(c2ccc(-n3c4ccccc4c4ccccc43)nc2)c2cccc3c2oc2ccccc23)cc1. The van der Waals surface area contributed by atoms with Crippen molar-refractivity contribution in [3.05, 3.63) is 170 Å². The van der Waals surface area contributed by atoms with Gasteiger partial charge in [-0.1, -0.05) is 140 Å². The van der Waals surface area contributed by atoms with Crippen LogP contribution in [0.4, 0.5) is 0 Å². The number of nitrogens with zero attached hydrogens (tertiary/aromatic N) is 2. The van der Waals surface area contributed by atoms with Crippen molar-refractivity contribution >= 4 is 72.6 Å². The summed E-state index contributed by atoms with van der Waals surface area (Å²) in [7, 11) is -2.91. The number of benzene rings is 6. The lowest BCUT2D eigenvalue weighted by Gasteiger charge is -2.34. The molecule has 0 bridgehead atoms. The molecule has 0 aliphatic rings. The molecule has 0 aliphatic carbocycles. The van der Waals surface area contributed by atoms with Crippen LogP contribution in [0.25, 0.3) is 49.6 Å². The van der Waals surface area contributed by atoms with E-state index in [0.29, 0.717) is 0 Å². The van der Waals surface area contributed by atoms with Gasteiger partial charge in [0.25, 0.3) is 0 Å². The Morgan fingerprint density at radius 3 is 1.62 bits per heavy atom. The summed E-state index contributed by atoms with van der Waals surface area (Å²) >= 11 is 0. The second kappa shape index (κ2) is 10.2. The second-order valence-electron chi connectivity index (χ2n) is 11.5. The normalized spacial score (nSPS) is 12.0. The summed E-state index contributed by atoms with van der Waals surface area (Å²) in [6.45, 7) is 0. The van der Waals surface area contributed by atoms with E-state index in [0.717, 1.165) is 38.8 Å². The molecule has 45 heavy (non-hydrogen) atoms. The number of para-hydroxylation sites is 4. The fraction of sp³-hybridized carbons (Fsp3) is 0. The van der Waals surface area contributed by atoms with Crippen LogP contribution >= 0.6 is 0 Å². The zero-order chi connectivity index (χ0) is 29.8. The van der Waals surface area contributed by atoms with Crippen LogP contribution in [0.15, 0.2) is 174 Å². The van der Waals surface area contributed by atoms with Crippen molar-refractivity contribution in [1.29, 1.82) is 0 Å². The zero-order valence-electron chi connectivity index (χ0n) is 24.5. The van der Waals surface area contributed by atoms with Gasteiger partial charge in [-0.3, -0.25) is 4.57 Å². The van der Waals surface area contributed by atoms with Crippen LogP contribution in [-0.4, -0.2) is 17.6 Å². The fourth-order valence-electron chi connectivity index (χ4n) is 7.29. The van der Waals surface area contributed by atoms with Crippen LogP contribution in [0.3, 0.4) is 0 Å². The maximum Gasteiger partial charge on any atom is 0.185 e. The van der Waals surface area contributed by atoms with Crippen molar-refractivity contribution in [2.24, 2.45) is 0 Å². The quantitative estimate of drug-likeness (QED) is 0.154. The maximum atomic E-state index is 6.74. The van der Waals surface area contributed by atoms with Gasteiger partial charge in [0.1, 0.15) is 17.0 Å². The number of hydrogen-bond acceptors (Lipinski definition) is 2. The molecule has 0 saturated heterocycles. The summed E-state index contributed by atoms with van der Waals surface area (Å²) in [6.07, 6.45) is 2.12. The van der Waals surface area contributed by atoms with Crippen molar-refractivity contribution in [1.82, 2.24) is 9.55 Å². The zero-order valence-corrected chi connectivity index (χ0v) is 25.5. The van der Waals surface area contributed by atoms with Crippen molar-refractivity contribution in [3.63, 3.8) is 0 Å². The molecular weight excluding hydrogens is 565 g/mol. The highest BCUT2D eigenvalue weighted by atomic mass is 28.3. The molecule has 4 heteroatoms. The molecule has 3 aromatic heterocycles. The Kier molecular flexibility index (Phi) is 5.83. The topological polar surface area (TPSA) is 31.0 Å². The molecule has 212 valence electrons. The summed E-state index contributed by atoms with van der Waals surface area (Å²) < 4.78 is 9.02. The van der Waals surface area contributed by atoms with E-state index in [1.807, 2.05) is 6.07 Å². The Morgan fingerprint density at radius 2 is 1.00 bits per heavy atom. The third-order valence-electron chi connectivity index (χ3n) is 9.21. The first-order chi connectivity index (χ1) is 22.3. The monoisotopic (exact) mass is 592 g/mol. The van der Waals surface area contributed by atoms with E-state index in [1.54, 1.807) is 0 Å².